The average molecular weight is 634 g/mol. The number of amides is 1. The second kappa shape index (κ2) is 13.3. The molecule has 3 heterocycles. The van der Waals surface area contributed by atoms with Crippen molar-refractivity contribution in [3.63, 3.8) is 0 Å². The molecular formula is C28H30F3N7O5S. The van der Waals surface area contributed by atoms with E-state index in [1.165, 1.54) is 36.5 Å². The third kappa shape index (κ3) is 7.34. The number of aromatic nitrogens is 3. The summed E-state index contributed by atoms with van der Waals surface area (Å²) in [6.45, 7) is 2.25. The molecule has 2 aromatic heterocycles. The Bertz CT molecular complexity index is 1680. The first-order chi connectivity index (χ1) is 21.0. The quantitative estimate of drug-likeness (QED) is 0.168. The topological polar surface area (TPSA) is 141 Å². The van der Waals surface area contributed by atoms with Gasteiger partial charge in [0.15, 0.2) is 5.69 Å². The van der Waals surface area contributed by atoms with Crippen molar-refractivity contribution in [2.45, 2.75) is 30.3 Å². The fraction of sp³-hybridized carbons (Fsp3) is 0.321. The van der Waals surface area contributed by atoms with Crippen LogP contribution in [0.25, 0.3) is 5.52 Å². The fourth-order valence-electron chi connectivity index (χ4n) is 5.01. The van der Waals surface area contributed by atoms with Crippen LogP contribution in [0.5, 0.6) is 5.75 Å². The zero-order chi connectivity index (χ0) is 31.3. The summed E-state index contributed by atoms with van der Waals surface area (Å²) in [5.74, 6) is -0.606. The predicted octanol–water partition coefficient (Wildman–Crippen LogP) is 2.30. The second-order valence-electron chi connectivity index (χ2n) is 10.1. The van der Waals surface area contributed by atoms with E-state index in [1.54, 1.807) is 10.4 Å². The van der Waals surface area contributed by atoms with Crippen molar-refractivity contribution >= 4 is 21.4 Å². The van der Waals surface area contributed by atoms with E-state index >= 15 is 0 Å². The highest BCUT2D eigenvalue weighted by Crippen LogP contribution is 2.33. The highest BCUT2D eigenvalue weighted by molar-refractivity contribution is 7.89. The van der Waals surface area contributed by atoms with E-state index < -0.39 is 40.4 Å². The molecule has 1 saturated heterocycles. The standard InChI is InChI=1S/C28H30F3N7O5S/c29-28(30,31)26-23(24-10-11-32-19-38(24)34-26)18-43-21-6-8-22(9-7-21)44(41,42)33-16-25(27(39)35-40)37-14-12-36(13-15-37)17-20-4-2-1-3-5-20/h1-11,19,25,33,40H,12-18H2,(H,35,39)/t25-/m0/s1. The van der Waals surface area contributed by atoms with Gasteiger partial charge >= 0.3 is 6.18 Å². The molecule has 1 aliphatic heterocycles. The van der Waals surface area contributed by atoms with Crippen LogP contribution in [0.15, 0.2) is 78.1 Å². The average Bonchev–Trinajstić information content (AvgIpc) is 3.41. The van der Waals surface area contributed by atoms with E-state index in [2.05, 4.69) is 19.7 Å². The Kier molecular flexibility index (Phi) is 9.45. The Balaban J connectivity index is 1.19. The third-order valence-corrected chi connectivity index (χ3v) is 8.75. The largest absolute Gasteiger partial charge is 0.489 e. The highest BCUT2D eigenvalue weighted by Gasteiger charge is 2.38. The van der Waals surface area contributed by atoms with Crippen molar-refractivity contribution < 1.29 is 36.3 Å². The molecule has 234 valence electrons. The molecule has 0 unspecified atom stereocenters. The van der Waals surface area contributed by atoms with Gasteiger partial charge in [-0.1, -0.05) is 30.3 Å². The second-order valence-corrected chi connectivity index (χ2v) is 11.9. The SMILES string of the molecule is O=C(NO)[C@H](CNS(=O)(=O)c1ccc(OCc2c(C(F)(F)F)nn3cnccc23)cc1)N1CCN(Cc2ccccc2)CC1. The van der Waals surface area contributed by atoms with E-state index in [0.29, 0.717) is 26.2 Å². The number of hydrogen-bond acceptors (Lipinski definition) is 9. The zero-order valence-electron chi connectivity index (χ0n) is 23.3. The lowest BCUT2D eigenvalue weighted by atomic mass is 10.1. The molecule has 1 fully saturated rings. The number of benzene rings is 2. The van der Waals surface area contributed by atoms with E-state index in [1.807, 2.05) is 30.3 Å². The maximum Gasteiger partial charge on any atom is 0.435 e. The molecule has 2 aromatic carbocycles. The number of carbonyl (C=O) groups is 1. The third-order valence-electron chi connectivity index (χ3n) is 7.31. The van der Waals surface area contributed by atoms with Gasteiger partial charge in [0.1, 0.15) is 24.7 Å². The van der Waals surface area contributed by atoms with Crippen LogP contribution in [0.3, 0.4) is 0 Å². The molecule has 0 saturated carbocycles. The molecule has 44 heavy (non-hydrogen) atoms. The molecule has 16 heteroatoms. The van der Waals surface area contributed by atoms with E-state index in [9.17, 15) is 31.6 Å². The van der Waals surface area contributed by atoms with Gasteiger partial charge in [0, 0.05) is 51.0 Å². The molecule has 0 spiro atoms. The van der Waals surface area contributed by atoms with Gasteiger partial charge in [-0.05, 0) is 35.9 Å². The number of alkyl halides is 3. The van der Waals surface area contributed by atoms with Gasteiger partial charge in [-0.15, -0.1) is 0 Å². The lowest BCUT2D eigenvalue weighted by molar-refractivity contribution is -0.142. The molecular weight excluding hydrogens is 603 g/mol. The van der Waals surface area contributed by atoms with E-state index in [4.69, 9.17) is 4.74 Å². The van der Waals surface area contributed by atoms with Crippen molar-refractivity contribution in [1.29, 1.82) is 0 Å². The van der Waals surface area contributed by atoms with Gasteiger partial charge in [0.2, 0.25) is 10.0 Å². The number of nitrogens with zero attached hydrogens (tertiary/aromatic N) is 5. The van der Waals surface area contributed by atoms with Crippen LogP contribution in [0, 0.1) is 0 Å². The van der Waals surface area contributed by atoms with E-state index in [-0.39, 0.29) is 28.3 Å². The van der Waals surface area contributed by atoms with Crippen LogP contribution in [-0.4, -0.2) is 82.7 Å². The van der Waals surface area contributed by atoms with Gasteiger partial charge in [-0.2, -0.15) is 18.3 Å². The Hall–Kier alpha value is -4.09. The summed E-state index contributed by atoms with van der Waals surface area (Å²) < 4.78 is 75.7. The van der Waals surface area contributed by atoms with E-state index in [0.717, 1.165) is 23.0 Å². The number of piperazine rings is 1. The lowest BCUT2D eigenvalue weighted by Crippen LogP contribution is -2.57. The number of fused-ring (bicyclic) bond motifs is 1. The smallest absolute Gasteiger partial charge is 0.435 e. The molecule has 4 aromatic rings. The fourth-order valence-corrected chi connectivity index (χ4v) is 6.05. The Morgan fingerprint density at radius 3 is 2.39 bits per heavy atom. The molecule has 1 amide bonds. The molecule has 1 aliphatic rings. The number of sulfonamides is 1. The van der Waals surface area contributed by atoms with Crippen molar-refractivity contribution in [2.75, 3.05) is 32.7 Å². The number of ether oxygens (including phenoxy) is 1. The van der Waals surface area contributed by atoms with Crippen molar-refractivity contribution in [3.05, 3.63) is 90.0 Å². The Labute approximate surface area is 251 Å². The van der Waals surface area contributed by atoms with Crippen molar-refractivity contribution in [2.24, 2.45) is 0 Å². The first-order valence-corrected chi connectivity index (χ1v) is 15.1. The van der Waals surface area contributed by atoms with Crippen LogP contribution in [0.1, 0.15) is 16.8 Å². The number of hydroxylamine groups is 1. The van der Waals surface area contributed by atoms with Gasteiger partial charge in [0.25, 0.3) is 5.91 Å². The highest BCUT2D eigenvalue weighted by atomic mass is 32.2. The summed E-state index contributed by atoms with van der Waals surface area (Å²) >= 11 is 0. The van der Waals surface area contributed by atoms with Crippen molar-refractivity contribution in [3.8, 4) is 5.75 Å². The maximum atomic E-state index is 13.5. The first-order valence-electron chi connectivity index (χ1n) is 13.6. The number of carbonyl (C=O) groups excluding carboxylic acids is 1. The Morgan fingerprint density at radius 1 is 1.02 bits per heavy atom. The maximum absolute atomic E-state index is 13.5. The molecule has 5 rings (SSSR count). The molecule has 0 radical (unpaired) electrons. The predicted molar refractivity (Wildman–Crippen MR) is 151 cm³/mol. The molecule has 12 nitrogen and oxygen atoms in total. The molecule has 1 atom stereocenters. The van der Waals surface area contributed by atoms with Crippen molar-refractivity contribution in [1.82, 2.24) is 34.6 Å². The van der Waals surface area contributed by atoms with Crippen LogP contribution < -0.4 is 14.9 Å². The van der Waals surface area contributed by atoms with Crippen LogP contribution in [0.4, 0.5) is 13.2 Å². The molecule has 3 N–H and O–H groups in total. The zero-order valence-corrected chi connectivity index (χ0v) is 24.1. The van der Waals surface area contributed by atoms with Gasteiger partial charge in [0.05, 0.1) is 10.4 Å². The monoisotopic (exact) mass is 633 g/mol. The first kappa shape index (κ1) is 31.3. The minimum absolute atomic E-state index is 0.136. The minimum atomic E-state index is -4.71. The van der Waals surface area contributed by atoms with Gasteiger partial charge in [-0.3, -0.25) is 19.8 Å². The molecule has 0 bridgehead atoms. The number of nitrogens with one attached hydrogen (secondary N) is 2. The number of halogens is 3. The van der Waals surface area contributed by atoms with Crippen LogP contribution >= 0.6 is 0 Å². The summed E-state index contributed by atoms with van der Waals surface area (Å²) in [6.07, 6.45) is -2.22. The van der Waals surface area contributed by atoms with Crippen LogP contribution in [0.2, 0.25) is 0 Å². The normalized spacial score (nSPS) is 15.7. The van der Waals surface area contributed by atoms with Gasteiger partial charge in [-0.25, -0.2) is 28.1 Å². The summed E-state index contributed by atoms with van der Waals surface area (Å²) in [5, 5.41) is 12.9. The number of hydrogen-bond donors (Lipinski definition) is 3. The minimum Gasteiger partial charge on any atom is -0.489 e. The van der Waals surface area contributed by atoms with Crippen LogP contribution in [-0.2, 0) is 34.1 Å². The lowest BCUT2D eigenvalue weighted by Gasteiger charge is -2.38. The van der Waals surface area contributed by atoms with Gasteiger partial charge < -0.3 is 4.74 Å². The summed E-state index contributed by atoms with van der Waals surface area (Å²) in [6, 6.07) is 15.5. The summed E-state index contributed by atoms with van der Waals surface area (Å²) in [5.41, 5.74) is 1.67. The molecule has 0 aliphatic carbocycles. The Morgan fingerprint density at radius 2 is 1.73 bits per heavy atom. The number of rotatable bonds is 11. The summed E-state index contributed by atoms with van der Waals surface area (Å²) in [4.78, 5) is 20.1. The summed E-state index contributed by atoms with van der Waals surface area (Å²) in [7, 11) is -4.09.